The Morgan fingerprint density at radius 3 is 2.30 bits per heavy atom. The first-order valence-corrected chi connectivity index (χ1v) is 7.60. The molecule has 0 aromatic heterocycles. The van der Waals surface area contributed by atoms with Crippen LogP contribution in [0.15, 0.2) is 48.5 Å². The van der Waals surface area contributed by atoms with Crippen LogP contribution in [-0.4, -0.2) is 6.54 Å². The summed E-state index contributed by atoms with van der Waals surface area (Å²) in [6.07, 6.45) is 2.14. The third-order valence-electron chi connectivity index (χ3n) is 3.76. The monoisotopic (exact) mass is 267 g/mol. The Kier molecular flexibility index (Phi) is 5.37. The lowest BCUT2D eigenvalue weighted by Gasteiger charge is -2.19. The lowest BCUT2D eigenvalue weighted by Crippen LogP contribution is -2.23. The highest BCUT2D eigenvalue weighted by Gasteiger charge is 2.11. The number of likely N-dealkylation sites (N-methyl/N-ethyl adjacent to an activating group) is 1. The van der Waals surface area contributed by atoms with E-state index >= 15 is 0 Å². The summed E-state index contributed by atoms with van der Waals surface area (Å²) in [6, 6.07) is 18.2. The first-order chi connectivity index (χ1) is 9.72. The van der Waals surface area contributed by atoms with Gasteiger partial charge in [-0.3, -0.25) is 0 Å². The fourth-order valence-electron chi connectivity index (χ4n) is 2.61. The molecule has 0 saturated carbocycles. The third kappa shape index (κ3) is 3.94. The largest absolute Gasteiger partial charge is 0.310 e. The normalized spacial score (nSPS) is 12.3. The van der Waals surface area contributed by atoms with Gasteiger partial charge in [-0.15, -0.1) is 0 Å². The van der Waals surface area contributed by atoms with Gasteiger partial charge in [0.25, 0.3) is 0 Å². The molecule has 0 heterocycles. The van der Waals surface area contributed by atoms with Crippen molar-refractivity contribution >= 4 is 0 Å². The summed E-state index contributed by atoms with van der Waals surface area (Å²) in [4.78, 5) is 0. The highest BCUT2D eigenvalue weighted by Crippen LogP contribution is 2.20. The number of rotatable bonds is 6. The molecule has 2 rings (SSSR count). The van der Waals surface area contributed by atoms with Crippen molar-refractivity contribution in [2.45, 2.75) is 39.7 Å². The lowest BCUT2D eigenvalue weighted by atomic mass is 9.96. The van der Waals surface area contributed by atoms with Crippen LogP contribution in [0.2, 0.25) is 0 Å². The quantitative estimate of drug-likeness (QED) is 0.815. The van der Waals surface area contributed by atoms with Crippen molar-refractivity contribution in [1.82, 2.24) is 5.32 Å². The molecular weight excluding hydrogens is 242 g/mol. The highest BCUT2D eigenvalue weighted by molar-refractivity contribution is 5.29. The van der Waals surface area contributed by atoms with Gasteiger partial charge in [-0.25, -0.2) is 0 Å². The molecular formula is C19H25N. The molecule has 0 aliphatic carbocycles. The Bertz CT molecular complexity index is 528. The van der Waals surface area contributed by atoms with Crippen molar-refractivity contribution < 1.29 is 0 Å². The average molecular weight is 267 g/mol. The molecule has 2 aromatic rings. The number of hydrogen-bond donors (Lipinski definition) is 1. The van der Waals surface area contributed by atoms with Gasteiger partial charge >= 0.3 is 0 Å². The maximum absolute atomic E-state index is 3.60. The third-order valence-corrected chi connectivity index (χ3v) is 3.76. The van der Waals surface area contributed by atoms with E-state index in [0.717, 1.165) is 19.4 Å². The Hall–Kier alpha value is -1.60. The number of benzene rings is 2. The fraction of sp³-hybridized carbons (Fsp3) is 0.368. The van der Waals surface area contributed by atoms with E-state index in [9.17, 15) is 0 Å². The van der Waals surface area contributed by atoms with Gasteiger partial charge in [-0.1, -0.05) is 67.9 Å². The summed E-state index contributed by atoms with van der Waals surface area (Å²) in [5.41, 5.74) is 5.51. The van der Waals surface area contributed by atoms with Gasteiger partial charge in [0.2, 0.25) is 0 Å². The van der Waals surface area contributed by atoms with Crippen LogP contribution in [0.25, 0.3) is 0 Å². The van der Waals surface area contributed by atoms with Gasteiger partial charge < -0.3 is 5.32 Å². The van der Waals surface area contributed by atoms with E-state index in [0.29, 0.717) is 6.04 Å². The van der Waals surface area contributed by atoms with Crippen LogP contribution >= 0.6 is 0 Å². The van der Waals surface area contributed by atoms with E-state index in [1.807, 2.05) is 0 Å². The summed E-state index contributed by atoms with van der Waals surface area (Å²) >= 11 is 0. The molecule has 1 nitrogen and oxygen atoms in total. The van der Waals surface area contributed by atoms with Crippen LogP contribution in [0, 0.1) is 6.92 Å². The first kappa shape index (κ1) is 14.8. The SMILES string of the molecule is CCNC(Cc1cccc(C)c1)c1ccc(CC)cc1. The maximum atomic E-state index is 3.60. The summed E-state index contributed by atoms with van der Waals surface area (Å²) in [7, 11) is 0. The molecule has 1 N–H and O–H groups in total. The van der Waals surface area contributed by atoms with E-state index in [1.165, 1.54) is 22.3 Å². The van der Waals surface area contributed by atoms with Gasteiger partial charge in [-0.05, 0) is 43.0 Å². The summed E-state index contributed by atoms with van der Waals surface area (Å²) in [6.45, 7) is 7.51. The second-order valence-corrected chi connectivity index (χ2v) is 5.40. The van der Waals surface area contributed by atoms with Crippen LogP contribution < -0.4 is 5.32 Å². The van der Waals surface area contributed by atoms with Crippen molar-refractivity contribution in [3.8, 4) is 0 Å². The zero-order valence-corrected chi connectivity index (χ0v) is 12.8. The number of nitrogens with one attached hydrogen (secondary N) is 1. The molecule has 0 fully saturated rings. The minimum atomic E-state index is 0.396. The van der Waals surface area contributed by atoms with E-state index in [-0.39, 0.29) is 0 Å². The number of hydrogen-bond acceptors (Lipinski definition) is 1. The van der Waals surface area contributed by atoms with Crippen molar-refractivity contribution in [3.05, 3.63) is 70.8 Å². The molecule has 0 aliphatic rings. The summed E-state index contributed by atoms with van der Waals surface area (Å²) < 4.78 is 0. The van der Waals surface area contributed by atoms with Crippen molar-refractivity contribution in [3.63, 3.8) is 0 Å². The van der Waals surface area contributed by atoms with Crippen LogP contribution in [0.5, 0.6) is 0 Å². The topological polar surface area (TPSA) is 12.0 Å². The average Bonchev–Trinajstić information content (AvgIpc) is 2.47. The predicted octanol–water partition coefficient (Wildman–Crippen LogP) is 4.45. The number of aryl methyl sites for hydroxylation is 2. The second-order valence-electron chi connectivity index (χ2n) is 5.40. The van der Waals surface area contributed by atoms with Gasteiger partial charge in [0.15, 0.2) is 0 Å². The standard InChI is InChI=1S/C19H25N/c1-4-16-9-11-18(12-10-16)19(20-5-2)14-17-8-6-7-15(3)13-17/h6-13,19-20H,4-5,14H2,1-3H3. The highest BCUT2D eigenvalue weighted by atomic mass is 14.9. The first-order valence-electron chi connectivity index (χ1n) is 7.60. The van der Waals surface area contributed by atoms with Crippen LogP contribution in [0.4, 0.5) is 0 Å². The van der Waals surface area contributed by atoms with Gasteiger partial charge in [0.1, 0.15) is 0 Å². The Morgan fingerprint density at radius 1 is 0.950 bits per heavy atom. The summed E-state index contributed by atoms with van der Waals surface area (Å²) in [5, 5.41) is 3.60. The molecule has 1 unspecified atom stereocenters. The van der Waals surface area contributed by atoms with Crippen molar-refractivity contribution in [2.75, 3.05) is 6.54 Å². The van der Waals surface area contributed by atoms with E-state index in [1.54, 1.807) is 0 Å². The van der Waals surface area contributed by atoms with E-state index in [2.05, 4.69) is 74.6 Å². The van der Waals surface area contributed by atoms with Crippen molar-refractivity contribution in [1.29, 1.82) is 0 Å². The van der Waals surface area contributed by atoms with Crippen LogP contribution in [0.3, 0.4) is 0 Å². The molecule has 20 heavy (non-hydrogen) atoms. The smallest absolute Gasteiger partial charge is 0.0360 e. The van der Waals surface area contributed by atoms with Crippen LogP contribution in [-0.2, 0) is 12.8 Å². The minimum Gasteiger partial charge on any atom is -0.310 e. The zero-order valence-electron chi connectivity index (χ0n) is 12.8. The van der Waals surface area contributed by atoms with Gasteiger partial charge in [0.05, 0.1) is 0 Å². The molecule has 0 aliphatic heterocycles. The zero-order chi connectivity index (χ0) is 14.4. The van der Waals surface area contributed by atoms with Crippen molar-refractivity contribution in [2.24, 2.45) is 0 Å². The van der Waals surface area contributed by atoms with Gasteiger partial charge in [0, 0.05) is 6.04 Å². The molecule has 106 valence electrons. The Balaban J connectivity index is 2.17. The van der Waals surface area contributed by atoms with E-state index in [4.69, 9.17) is 0 Å². The molecule has 0 spiro atoms. The van der Waals surface area contributed by atoms with Gasteiger partial charge in [-0.2, -0.15) is 0 Å². The lowest BCUT2D eigenvalue weighted by molar-refractivity contribution is 0.549. The second kappa shape index (κ2) is 7.25. The Morgan fingerprint density at radius 2 is 1.70 bits per heavy atom. The summed E-state index contributed by atoms with van der Waals surface area (Å²) in [5.74, 6) is 0. The molecule has 0 radical (unpaired) electrons. The minimum absolute atomic E-state index is 0.396. The molecule has 1 heteroatoms. The molecule has 0 bridgehead atoms. The van der Waals surface area contributed by atoms with E-state index < -0.39 is 0 Å². The van der Waals surface area contributed by atoms with Crippen LogP contribution in [0.1, 0.15) is 42.1 Å². The molecule has 2 aromatic carbocycles. The maximum Gasteiger partial charge on any atom is 0.0360 e. The molecule has 0 amide bonds. The Labute approximate surface area is 123 Å². The molecule has 1 atom stereocenters. The predicted molar refractivity (Wildman–Crippen MR) is 87.1 cm³/mol. The molecule has 0 saturated heterocycles. The fourth-order valence-corrected chi connectivity index (χ4v) is 2.61.